The number of hydrogen-bond donors (Lipinski definition) is 0. The second-order valence-electron chi connectivity index (χ2n) is 4.90. The maximum Gasteiger partial charge on any atom is 0.123 e. The molecule has 0 aliphatic heterocycles. The highest BCUT2D eigenvalue weighted by molar-refractivity contribution is 5.55. The maximum absolute atomic E-state index is 10.7. The number of allylic oxidation sites excluding steroid dienone is 4. The molecule has 1 heteroatoms. The average molecular weight is 206 g/mol. The fourth-order valence-corrected chi connectivity index (χ4v) is 2.12. The van der Waals surface area contributed by atoms with Crippen LogP contribution in [0, 0.1) is 11.8 Å². The van der Waals surface area contributed by atoms with E-state index in [1.54, 1.807) is 0 Å². The van der Waals surface area contributed by atoms with E-state index >= 15 is 0 Å². The molecule has 1 nitrogen and oxygen atoms in total. The van der Waals surface area contributed by atoms with Crippen LogP contribution in [-0.4, -0.2) is 6.29 Å². The number of hydrogen-bond acceptors (Lipinski definition) is 1. The van der Waals surface area contributed by atoms with Gasteiger partial charge in [0.1, 0.15) is 6.29 Å². The van der Waals surface area contributed by atoms with Crippen LogP contribution in [0.15, 0.2) is 23.3 Å². The Morgan fingerprint density at radius 3 is 2.80 bits per heavy atom. The van der Waals surface area contributed by atoms with E-state index in [-0.39, 0.29) is 5.92 Å². The first-order valence-corrected chi connectivity index (χ1v) is 5.90. The van der Waals surface area contributed by atoms with Gasteiger partial charge in [0.2, 0.25) is 0 Å². The van der Waals surface area contributed by atoms with E-state index in [1.807, 2.05) is 0 Å². The van der Waals surface area contributed by atoms with E-state index in [1.165, 1.54) is 17.6 Å². The van der Waals surface area contributed by atoms with Crippen molar-refractivity contribution in [3.05, 3.63) is 23.3 Å². The molecule has 0 amide bonds. The molecule has 84 valence electrons. The second kappa shape index (κ2) is 5.89. The molecular weight excluding hydrogens is 184 g/mol. The van der Waals surface area contributed by atoms with Crippen LogP contribution >= 0.6 is 0 Å². The van der Waals surface area contributed by atoms with E-state index < -0.39 is 0 Å². The Balaban J connectivity index is 2.41. The molecule has 0 aromatic heterocycles. The van der Waals surface area contributed by atoms with E-state index in [0.717, 1.165) is 25.5 Å². The lowest BCUT2D eigenvalue weighted by atomic mass is 9.80. The Kier molecular flexibility index (Phi) is 4.80. The van der Waals surface area contributed by atoms with Crippen molar-refractivity contribution < 1.29 is 4.79 Å². The van der Waals surface area contributed by atoms with Crippen molar-refractivity contribution >= 4 is 6.29 Å². The molecular formula is C14H22O. The standard InChI is InChI=1S/C14H22O/c1-11(2)5-4-6-13-7-8-14(10-15)12(3)9-13/h5,7,10,12,14H,4,6,8-9H2,1-3H3/t12-,14-/m0/s1. The van der Waals surface area contributed by atoms with Gasteiger partial charge in [-0.05, 0) is 45.4 Å². The Morgan fingerprint density at radius 2 is 2.27 bits per heavy atom. The Morgan fingerprint density at radius 1 is 1.53 bits per heavy atom. The fourth-order valence-electron chi connectivity index (χ4n) is 2.12. The first-order chi connectivity index (χ1) is 7.13. The van der Waals surface area contributed by atoms with Crippen LogP contribution in [0.3, 0.4) is 0 Å². The molecule has 1 aliphatic carbocycles. The van der Waals surface area contributed by atoms with Crippen LogP contribution in [0.25, 0.3) is 0 Å². The second-order valence-corrected chi connectivity index (χ2v) is 4.90. The highest BCUT2D eigenvalue weighted by atomic mass is 16.1. The van der Waals surface area contributed by atoms with Crippen LogP contribution in [0.5, 0.6) is 0 Å². The summed E-state index contributed by atoms with van der Waals surface area (Å²) in [4.78, 5) is 10.7. The molecule has 0 N–H and O–H groups in total. The lowest BCUT2D eigenvalue weighted by Gasteiger charge is -2.24. The molecule has 0 fully saturated rings. The summed E-state index contributed by atoms with van der Waals surface area (Å²) in [6.07, 6.45) is 10.1. The van der Waals surface area contributed by atoms with Gasteiger partial charge in [-0.15, -0.1) is 0 Å². The Hall–Kier alpha value is -0.850. The van der Waals surface area contributed by atoms with Crippen LogP contribution in [0.1, 0.15) is 46.5 Å². The van der Waals surface area contributed by atoms with Gasteiger partial charge in [0.05, 0.1) is 0 Å². The predicted octanol–water partition coefficient (Wildman–Crippen LogP) is 3.90. The van der Waals surface area contributed by atoms with Crippen molar-refractivity contribution in [1.82, 2.24) is 0 Å². The number of rotatable bonds is 4. The molecule has 2 atom stereocenters. The maximum atomic E-state index is 10.7. The zero-order valence-corrected chi connectivity index (χ0v) is 10.1. The van der Waals surface area contributed by atoms with E-state index in [4.69, 9.17) is 0 Å². The molecule has 0 saturated carbocycles. The van der Waals surface area contributed by atoms with Gasteiger partial charge in [0, 0.05) is 5.92 Å². The predicted molar refractivity (Wildman–Crippen MR) is 64.7 cm³/mol. The summed E-state index contributed by atoms with van der Waals surface area (Å²) in [6.45, 7) is 6.47. The summed E-state index contributed by atoms with van der Waals surface area (Å²) < 4.78 is 0. The third-order valence-corrected chi connectivity index (χ3v) is 3.19. The molecule has 15 heavy (non-hydrogen) atoms. The molecule has 0 aromatic rings. The summed E-state index contributed by atoms with van der Waals surface area (Å²) >= 11 is 0. The third-order valence-electron chi connectivity index (χ3n) is 3.19. The summed E-state index contributed by atoms with van der Waals surface area (Å²) in [7, 11) is 0. The Bertz CT molecular complexity index is 269. The van der Waals surface area contributed by atoms with Gasteiger partial charge >= 0.3 is 0 Å². The van der Waals surface area contributed by atoms with Crippen LogP contribution in [0.2, 0.25) is 0 Å². The van der Waals surface area contributed by atoms with E-state index in [2.05, 4.69) is 32.9 Å². The van der Waals surface area contributed by atoms with Gasteiger partial charge in [-0.2, -0.15) is 0 Å². The molecule has 0 radical (unpaired) electrons. The summed E-state index contributed by atoms with van der Waals surface area (Å²) in [6, 6.07) is 0. The van der Waals surface area contributed by atoms with Crippen molar-refractivity contribution in [2.75, 3.05) is 0 Å². The lowest BCUT2D eigenvalue weighted by molar-refractivity contribution is -0.112. The SMILES string of the molecule is CC(C)=CCCC1=CC[C@@H](C=O)[C@@H](C)C1. The third kappa shape index (κ3) is 4.03. The van der Waals surface area contributed by atoms with Gasteiger partial charge in [-0.1, -0.05) is 30.2 Å². The molecule has 1 aliphatic rings. The van der Waals surface area contributed by atoms with Gasteiger partial charge in [-0.25, -0.2) is 0 Å². The molecule has 0 unspecified atom stereocenters. The fraction of sp³-hybridized carbons (Fsp3) is 0.643. The number of carbonyl (C=O) groups is 1. The zero-order valence-electron chi connectivity index (χ0n) is 10.1. The van der Waals surface area contributed by atoms with Crippen LogP contribution in [-0.2, 0) is 4.79 Å². The lowest BCUT2D eigenvalue weighted by Crippen LogP contribution is -2.17. The Labute approximate surface area is 93.3 Å². The van der Waals surface area contributed by atoms with Gasteiger partial charge in [0.15, 0.2) is 0 Å². The minimum absolute atomic E-state index is 0.261. The van der Waals surface area contributed by atoms with Crippen molar-refractivity contribution in [3.8, 4) is 0 Å². The number of carbonyl (C=O) groups excluding carboxylic acids is 1. The smallest absolute Gasteiger partial charge is 0.123 e. The topological polar surface area (TPSA) is 17.1 Å². The molecule has 1 rings (SSSR count). The summed E-state index contributed by atoms with van der Waals surface area (Å²) in [5, 5.41) is 0. The van der Waals surface area contributed by atoms with Crippen LogP contribution in [0.4, 0.5) is 0 Å². The van der Waals surface area contributed by atoms with Gasteiger partial charge in [0.25, 0.3) is 0 Å². The molecule has 0 aromatic carbocycles. The van der Waals surface area contributed by atoms with Gasteiger partial charge < -0.3 is 4.79 Å². The van der Waals surface area contributed by atoms with Gasteiger partial charge in [-0.3, -0.25) is 0 Å². The summed E-state index contributed by atoms with van der Waals surface area (Å²) in [5.41, 5.74) is 2.93. The van der Waals surface area contributed by atoms with Crippen molar-refractivity contribution in [2.24, 2.45) is 11.8 Å². The summed E-state index contributed by atoms with van der Waals surface area (Å²) in [5.74, 6) is 0.798. The first-order valence-electron chi connectivity index (χ1n) is 5.90. The van der Waals surface area contributed by atoms with E-state index in [9.17, 15) is 4.79 Å². The highest BCUT2D eigenvalue weighted by Gasteiger charge is 2.20. The molecule has 0 bridgehead atoms. The van der Waals surface area contributed by atoms with Crippen molar-refractivity contribution in [2.45, 2.75) is 46.5 Å². The monoisotopic (exact) mass is 206 g/mol. The van der Waals surface area contributed by atoms with Crippen molar-refractivity contribution in [3.63, 3.8) is 0 Å². The normalized spacial score (nSPS) is 25.7. The minimum Gasteiger partial charge on any atom is -0.303 e. The molecule has 0 heterocycles. The van der Waals surface area contributed by atoms with E-state index in [0.29, 0.717) is 5.92 Å². The highest BCUT2D eigenvalue weighted by Crippen LogP contribution is 2.30. The largest absolute Gasteiger partial charge is 0.303 e. The van der Waals surface area contributed by atoms with Crippen molar-refractivity contribution in [1.29, 1.82) is 0 Å². The quantitative estimate of drug-likeness (QED) is 0.503. The zero-order chi connectivity index (χ0) is 11.3. The number of aldehydes is 1. The first kappa shape index (κ1) is 12.2. The molecule has 0 saturated heterocycles. The molecule has 0 spiro atoms. The van der Waals surface area contributed by atoms with Crippen LogP contribution < -0.4 is 0 Å². The minimum atomic E-state index is 0.261. The average Bonchev–Trinajstić information content (AvgIpc) is 2.17.